The molecule has 0 bridgehead atoms. The van der Waals surface area contributed by atoms with Crippen LogP contribution in [-0.2, 0) is 24.1 Å². The molecule has 3 amide bonds. The highest BCUT2D eigenvalue weighted by Crippen LogP contribution is 2.31. The SMILES string of the molecule is O=C(NCCOc1cccc(C(F)(F)F)c1)NCc1cccc(CN2CCCC2=O)c1. The van der Waals surface area contributed by atoms with E-state index < -0.39 is 17.8 Å². The van der Waals surface area contributed by atoms with Gasteiger partial charge in [-0.2, -0.15) is 13.2 Å². The van der Waals surface area contributed by atoms with E-state index in [0.29, 0.717) is 19.5 Å². The van der Waals surface area contributed by atoms with Gasteiger partial charge in [0.05, 0.1) is 12.1 Å². The number of hydrogen-bond acceptors (Lipinski definition) is 3. The summed E-state index contributed by atoms with van der Waals surface area (Å²) in [6.07, 6.45) is -2.95. The van der Waals surface area contributed by atoms with Crippen LogP contribution in [0.4, 0.5) is 18.0 Å². The second-order valence-corrected chi connectivity index (χ2v) is 7.22. The molecule has 0 radical (unpaired) electrons. The van der Waals surface area contributed by atoms with Crippen molar-refractivity contribution in [2.24, 2.45) is 0 Å². The maximum absolute atomic E-state index is 12.7. The third kappa shape index (κ3) is 6.91. The molecule has 0 aromatic heterocycles. The van der Waals surface area contributed by atoms with Crippen molar-refractivity contribution in [3.63, 3.8) is 0 Å². The summed E-state index contributed by atoms with van der Waals surface area (Å²) in [5.74, 6) is 0.251. The number of nitrogens with one attached hydrogen (secondary N) is 2. The molecule has 2 aromatic carbocycles. The average Bonchev–Trinajstić information content (AvgIpc) is 3.14. The molecule has 0 spiro atoms. The zero-order valence-corrected chi connectivity index (χ0v) is 16.9. The van der Waals surface area contributed by atoms with Gasteiger partial charge < -0.3 is 20.3 Å². The number of carbonyl (C=O) groups is 2. The van der Waals surface area contributed by atoms with E-state index in [1.165, 1.54) is 12.1 Å². The van der Waals surface area contributed by atoms with E-state index in [-0.39, 0.29) is 24.8 Å². The van der Waals surface area contributed by atoms with Crippen molar-refractivity contribution in [1.29, 1.82) is 0 Å². The molecule has 31 heavy (non-hydrogen) atoms. The second-order valence-electron chi connectivity index (χ2n) is 7.22. The van der Waals surface area contributed by atoms with Gasteiger partial charge in [0, 0.05) is 26.1 Å². The molecule has 1 aliphatic rings. The summed E-state index contributed by atoms with van der Waals surface area (Å²) in [5.41, 5.74) is 1.12. The van der Waals surface area contributed by atoms with E-state index in [9.17, 15) is 22.8 Å². The molecule has 1 aliphatic heterocycles. The number of benzene rings is 2. The third-order valence-corrected chi connectivity index (χ3v) is 4.81. The summed E-state index contributed by atoms with van der Waals surface area (Å²) in [7, 11) is 0. The monoisotopic (exact) mass is 435 g/mol. The Morgan fingerprint density at radius 3 is 2.58 bits per heavy atom. The summed E-state index contributed by atoms with van der Waals surface area (Å²) >= 11 is 0. The maximum Gasteiger partial charge on any atom is 0.416 e. The van der Waals surface area contributed by atoms with E-state index in [1.54, 1.807) is 0 Å². The van der Waals surface area contributed by atoms with Gasteiger partial charge >= 0.3 is 12.2 Å². The van der Waals surface area contributed by atoms with Crippen molar-refractivity contribution in [2.45, 2.75) is 32.1 Å². The predicted octanol–water partition coefficient (Wildman–Crippen LogP) is 3.71. The van der Waals surface area contributed by atoms with Crippen molar-refractivity contribution >= 4 is 11.9 Å². The van der Waals surface area contributed by atoms with Crippen LogP contribution in [-0.4, -0.2) is 36.5 Å². The van der Waals surface area contributed by atoms with Crippen LogP contribution in [0.15, 0.2) is 48.5 Å². The number of hydrogen-bond donors (Lipinski definition) is 2. The van der Waals surface area contributed by atoms with Crippen molar-refractivity contribution < 1.29 is 27.5 Å². The molecule has 0 atom stereocenters. The number of carbonyl (C=O) groups excluding carboxylic acids is 2. The summed E-state index contributed by atoms with van der Waals surface area (Å²) < 4.78 is 43.3. The van der Waals surface area contributed by atoms with Crippen molar-refractivity contribution in [1.82, 2.24) is 15.5 Å². The Morgan fingerprint density at radius 2 is 1.84 bits per heavy atom. The number of rotatable bonds is 8. The van der Waals surface area contributed by atoms with Crippen molar-refractivity contribution in [3.05, 3.63) is 65.2 Å². The van der Waals surface area contributed by atoms with Gasteiger partial charge in [0.1, 0.15) is 12.4 Å². The Labute approximate surface area is 178 Å². The Bertz CT molecular complexity index is 918. The fourth-order valence-corrected chi connectivity index (χ4v) is 3.27. The number of ether oxygens (including phenoxy) is 1. The van der Waals surface area contributed by atoms with Crippen molar-refractivity contribution in [3.8, 4) is 5.75 Å². The van der Waals surface area contributed by atoms with E-state index in [2.05, 4.69) is 10.6 Å². The van der Waals surface area contributed by atoms with Crippen LogP contribution in [0.25, 0.3) is 0 Å². The van der Waals surface area contributed by atoms with Gasteiger partial charge in [-0.05, 0) is 35.7 Å². The maximum atomic E-state index is 12.7. The number of nitrogens with zero attached hydrogens (tertiary/aromatic N) is 1. The molecule has 3 rings (SSSR count). The van der Waals surface area contributed by atoms with E-state index in [1.807, 2.05) is 29.2 Å². The normalized spacial score (nSPS) is 13.9. The lowest BCUT2D eigenvalue weighted by atomic mass is 10.1. The molecule has 166 valence electrons. The summed E-state index contributed by atoms with van der Waals surface area (Å²) in [6.45, 7) is 1.81. The molecule has 0 saturated carbocycles. The van der Waals surface area contributed by atoms with Crippen LogP contribution in [0.5, 0.6) is 5.75 Å². The minimum absolute atomic E-state index is 0.0358. The van der Waals surface area contributed by atoms with Crippen LogP contribution in [0.3, 0.4) is 0 Å². The first kappa shape index (κ1) is 22.5. The first-order valence-electron chi connectivity index (χ1n) is 9.98. The number of likely N-dealkylation sites (tertiary alicyclic amines) is 1. The lowest BCUT2D eigenvalue weighted by molar-refractivity contribution is -0.137. The first-order valence-corrected chi connectivity index (χ1v) is 9.98. The van der Waals surface area contributed by atoms with Gasteiger partial charge in [0.2, 0.25) is 5.91 Å². The van der Waals surface area contributed by atoms with Gasteiger partial charge in [0.25, 0.3) is 0 Å². The molecule has 0 unspecified atom stereocenters. The molecule has 1 fully saturated rings. The second kappa shape index (κ2) is 10.2. The molecule has 2 N–H and O–H groups in total. The summed E-state index contributed by atoms with van der Waals surface area (Å²) in [6, 6.07) is 11.8. The number of alkyl halides is 3. The summed E-state index contributed by atoms with van der Waals surface area (Å²) in [5, 5.41) is 5.32. The minimum Gasteiger partial charge on any atom is -0.492 e. The Kier molecular flexibility index (Phi) is 7.38. The van der Waals surface area contributed by atoms with E-state index in [0.717, 1.165) is 36.2 Å². The fourth-order valence-electron chi connectivity index (χ4n) is 3.27. The molecule has 9 heteroatoms. The lowest BCUT2D eigenvalue weighted by Gasteiger charge is -2.16. The van der Waals surface area contributed by atoms with Gasteiger partial charge in [-0.3, -0.25) is 4.79 Å². The smallest absolute Gasteiger partial charge is 0.416 e. The third-order valence-electron chi connectivity index (χ3n) is 4.81. The average molecular weight is 435 g/mol. The fraction of sp³-hybridized carbons (Fsp3) is 0.364. The highest BCUT2D eigenvalue weighted by molar-refractivity contribution is 5.78. The molecule has 6 nitrogen and oxygen atoms in total. The molecular weight excluding hydrogens is 411 g/mol. The zero-order chi connectivity index (χ0) is 22.3. The quantitative estimate of drug-likeness (QED) is 0.621. The van der Waals surface area contributed by atoms with Gasteiger partial charge in [-0.25, -0.2) is 4.79 Å². The van der Waals surface area contributed by atoms with Crippen LogP contribution in [0.2, 0.25) is 0 Å². The Morgan fingerprint density at radius 1 is 1.06 bits per heavy atom. The van der Waals surface area contributed by atoms with E-state index >= 15 is 0 Å². The molecule has 0 aliphatic carbocycles. The van der Waals surface area contributed by atoms with Crippen molar-refractivity contribution in [2.75, 3.05) is 19.7 Å². The minimum atomic E-state index is -4.43. The van der Waals surface area contributed by atoms with Gasteiger partial charge in [0.15, 0.2) is 0 Å². The Balaban J connectivity index is 1.38. The summed E-state index contributed by atoms with van der Waals surface area (Å²) in [4.78, 5) is 25.5. The number of amides is 3. The van der Waals surface area contributed by atoms with Crippen LogP contribution < -0.4 is 15.4 Å². The zero-order valence-electron chi connectivity index (χ0n) is 16.9. The molecule has 1 saturated heterocycles. The topological polar surface area (TPSA) is 70.7 Å². The van der Waals surface area contributed by atoms with Gasteiger partial charge in [-0.15, -0.1) is 0 Å². The highest BCUT2D eigenvalue weighted by Gasteiger charge is 2.30. The van der Waals surface area contributed by atoms with Crippen LogP contribution >= 0.6 is 0 Å². The number of halogens is 3. The highest BCUT2D eigenvalue weighted by atomic mass is 19.4. The largest absolute Gasteiger partial charge is 0.492 e. The molecule has 2 aromatic rings. The standard InChI is InChI=1S/C22H24F3N3O3/c23-22(24,25)18-6-2-7-19(13-18)31-11-9-26-21(30)27-14-16-4-1-5-17(12-16)15-28-10-3-8-20(28)29/h1-2,4-7,12-13H,3,8-11,14-15H2,(H2,26,27,30). The van der Waals surface area contributed by atoms with Gasteiger partial charge in [-0.1, -0.05) is 30.3 Å². The number of urea groups is 1. The molecular formula is C22H24F3N3O3. The first-order chi connectivity index (χ1) is 14.8. The predicted molar refractivity (Wildman–Crippen MR) is 108 cm³/mol. The lowest BCUT2D eigenvalue weighted by Crippen LogP contribution is -2.37. The van der Waals surface area contributed by atoms with Crippen LogP contribution in [0, 0.1) is 0 Å². The Hall–Kier alpha value is -3.23. The molecule has 1 heterocycles. The van der Waals surface area contributed by atoms with E-state index in [4.69, 9.17) is 4.74 Å². The van der Waals surface area contributed by atoms with Crippen LogP contribution in [0.1, 0.15) is 29.5 Å².